The Morgan fingerprint density at radius 1 is 1.16 bits per heavy atom. The van der Waals surface area contributed by atoms with Gasteiger partial charge < -0.3 is 4.74 Å². The lowest BCUT2D eigenvalue weighted by molar-refractivity contribution is -0.146. The Labute approximate surface area is 149 Å². The molecule has 1 aliphatic carbocycles. The van der Waals surface area contributed by atoms with Crippen LogP contribution in [-0.4, -0.2) is 32.8 Å². The van der Waals surface area contributed by atoms with E-state index >= 15 is 0 Å². The summed E-state index contributed by atoms with van der Waals surface area (Å²) < 4.78 is 32.2. The number of carbonyl (C=O) groups is 2. The molecule has 1 atom stereocenters. The maximum Gasteiger partial charge on any atom is 0.323 e. The molecule has 0 amide bonds. The SMILES string of the molecule is CC(=O)c1ccc(S(=O)(=O)NC(C)C(=O)OCC2CCCCC2)cc1. The normalized spacial score (nSPS) is 17.0. The summed E-state index contributed by atoms with van der Waals surface area (Å²) >= 11 is 0. The Kier molecular flexibility index (Phi) is 6.72. The van der Waals surface area contributed by atoms with Crippen LogP contribution in [0.1, 0.15) is 56.3 Å². The van der Waals surface area contributed by atoms with Gasteiger partial charge in [0.25, 0.3) is 0 Å². The van der Waals surface area contributed by atoms with Crippen LogP contribution in [0.25, 0.3) is 0 Å². The maximum absolute atomic E-state index is 12.3. The maximum atomic E-state index is 12.3. The summed E-state index contributed by atoms with van der Waals surface area (Å²) in [6.45, 7) is 3.22. The fourth-order valence-electron chi connectivity index (χ4n) is 2.90. The van der Waals surface area contributed by atoms with E-state index < -0.39 is 22.0 Å². The van der Waals surface area contributed by atoms with Gasteiger partial charge in [0.05, 0.1) is 11.5 Å². The monoisotopic (exact) mass is 367 g/mol. The van der Waals surface area contributed by atoms with E-state index in [9.17, 15) is 18.0 Å². The lowest BCUT2D eigenvalue weighted by Gasteiger charge is -2.22. The van der Waals surface area contributed by atoms with Crippen molar-refractivity contribution in [2.24, 2.45) is 5.92 Å². The first kappa shape index (κ1) is 19.6. The molecule has 0 aliphatic heterocycles. The van der Waals surface area contributed by atoms with E-state index in [0.29, 0.717) is 18.1 Å². The smallest absolute Gasteiger partial charge is 0.323 e. The highest BCUT2D eigenvalue weighted by molar-refractivity contribution is 7.89. The first-order chi connectivity index (χ1) is 11.8. The van der Waals surface area contributed by atoms with Gasteiger partial charge in [0.15, 0.2) is 5.78 Å². The van der Waals surface area contributed by atoms with Crippen molar-refractivity contribution >= 4 is 21.8 Å². The second kappa shape index (κ2) is 8.58. The fourth-order valence-corrected chi connectivity index (χ4v) is 4.09. The Balaban J connectivity index is 1.91. The van der Waals surface area contributed by atoms with Crippen LogP contribution in [0.3, 0.4) is 0 Å². The topological polar surface area (TPSA) is 89.5 Å². The van der Waals surface area contributed by atoms with Crippen molar-refractivity contribution in [2.75, 3.05) is 6.61 Å². The number of hydrogen-bond donors (Lipinski definition) is 1. The first-order valence-electron chi connectivity index (χ1n) is 8.59. The zero-order valence-electron chi connectivity index (χ0n) is 14.7. The third-order valence-corrected chi connectivity index (χ3v) is 6.00. The van der Waals surface area contributed by atoms with E-state index in [1.807, 2.05) is 0 Å². The molecule has 1 fully saturated rings. The van der Waals surface area contributed by atoms with Crippen molar-refractivity contribution in [3.63, 3.8) is 0 Å². The van der Waals surface area contributed by atoms with Crippen LogP contribution < -0.4 is 4.72 Å². The number of Topliss-reactive ketones (excluding diaryl/α,β-unsaturated/α-hetero) is 1. The highest BCUT2D eigenvalue weighted by atomic mass is 32.2. The average Bonchev–Trinajstić information content (AvgIpc) is 2.60. The highest BCUT2D eigenvalue weighted by Gasteiger charge is 2.24. The largest absolute Gasteiger partial charge is 0.464 e. The minimum atomic E-state index is -3.85. The number of rotatable bonds is 7. The molecule has 138 valence electrons. The summed E-state index contributed by atoms with van der Waals surface area (Å²) in [4.78, 5) is 23.3. The third-order valence-electron chi connectivity index (χ3n) is 4.44. The summed E-state index contributed by atoms with van der Waals surface area (Å²) in [5.74, 6) is -0.341. The molecule has 1 unspecified atom stereocenters. The van der Waals surface area contributed by atoms with E-state index in [1.165, 1.54) is 44.5 Å². The van der Waals surface area contributed by atoms with Crippen molar-refractivity contribution in [1.29, 1.82) is 0 Å². The third kappa shape index (κ3) is 5.64. The Hall–Kier alpha value is -1.73. The van der Waals surface area contributed by atoms with Gasteiger partial charge in [-0.25, -0.2) is 8.42 Å². The van der Waals surface area contributed by atoms with Gasteiger partial charge in [-0.3, -0.25) is 9.59 Å². The van der Waals surface area contributed by atoms with E-state index in [0.717, 1.165) is 25.7 Å². The minimum absolute atomic E-state index is 0.00410. The van der Waals surface area contributed by atoms with Gasteiger partial charge >= 0.3 is 5.97 Å². The Morgan fingerprint density at radius 3 is 2.32 bits per heavy atom. The lowest BCUT2D eigenvalue weighted by Crippen LogP contribution is -2.40. The summed E-state index contributed by atoms with van der Waals surface area (Å²) in [6.07, 6.45) is 5.64. The predicted molar refractivity (Wildman–Crippen MR) is 93.8 cm³/mol. The van der Waals surface area contributed by atoms with Crippen LogP contribution in [0.2, 0.25) is 0 Å². The zero-order valence-corrected chi connectivity index (χ0v) is 15.5. The molecule has 0 aromatic heterocycles. The number of hydrogen-bond acceptors (Lipinski definition) is 5. The summed E-state index contributed by atoms with van der Waals surface area (Å²) in [5, 5.41) is 0. The number of carbonyl (C=O) groups excluding carboxylic acids is 2. The van der Waals surface area contributed by atoms with E-state index in [2.05, 4.69) is 4.72 Å². The summed E-state index contributed by atoms with van der Waals surface area (Å²) in [7, 11) is -3.85. The molecule has 1 saturated carbocycles. The first-order valence-corrected chi connectivity index (χ1v) is 10.1. The van der Waals surface area contributed by atoms with Gasteiger partial charge in [-0.1, -0.05) is 31.4 Å². The fraction of sp³-hybridized carbons (Fsp3) is 0.556. The zero-order chi connectivity index (χ0) is 18.4. The molecule has 25 heavy (non-hydrogen) atoms. The molecule has 0 heterocycles. The molecule has 6 nitrogen and oxygen atoms in total. The molecule has 2 rings (SSSR count). The highest BCUT2D eigenvalue weighted by Crippen LogP contribution is 2.23. The molecule has 0 bridgehead atoms. The van der Waals surface area contributed by atoms with Crippen molar-refractivity contribution in [1.82, 2.24) is 4.72 Å². The van der Waals surface area contributed by atoms with Crippen molar-refractivity contribution < 1.29 is 22.7 Å². The predicted octanol–water partition coefficient (Wildman–Crippen LogP) is 2.68. The molecule has 0 saturated heterocycles. The molecule has 1 aliphatic rings. The quantitative estimate of drug-likeness (QED) is 0.591. The number of ether oxygens (including phenoxy) is 1. The molecule has 1 N–H and O–H groups in total. The van der Waals surface area contributed by atoms with Gasteiger partial charge in [-0.05, 0) is 44.7 Å². The Morgan fingerprint density at radius 2 is 1.76 bits per heavy atom. The standard InChI is InChI=1S/C18H25NO5S/c1-13(18(21)24-12-15-6-4-3-5-7-15)19-25(22,23)17-10-8-16(9-11-17)14(2)20/h8-11,13,15,19H,3-7,12H2,1-2H3. The molecule has 7 heteroatoms. The molecule has 0 radical (unpaired) electrons. The second-order valence-corrected chi connectivity index (χ2v) is 8.27. The van der Waals surface area contributed by atoms with Gasteiger partial charge in [-0.15, -0.1) is 0 Å². The van der Waals surface area contributed by atoms with Crippen LogP contribution in [0, 0.1) is 5.92 Å². The van der Waals surface area contributed by atoms with E-state index in [4.69, 9.17) is 4.74 Å². The van der Waals surface area contributed by atoms with Crippen LogP contribution >= 0.6 is 0 Å². The van der Waals surface area contributed by atoms with Gasteiger partial charge in [0.1, 0.15) is 6.04 Å². The average molecular weight is 367 g/mol. The molecule has 1 aromatic carbocycles. The molecular weight excluding hydrogens is 342 g/mol. The molecule has 0 spiro atoms. The van der Waals surface area contributed by atoms with E-state index in [-0.39, 0.29) is 10.7 Å². The number of ketones is 1. The van der Waals surface area contributed by atoms with Crippen molar-refractivity contribution in [2.45, 2.75) is 56.9 Å². The van der Waals surface area contributed by atoms with Gasteiger partial charge in [-0.2, -0.15) is 4.72 Å². The number of nitrogens with one attached hydrogen (secondary N) is 1. The molecular formula is C18H25NO5S. The van der Waals surface area contributed by atoms with Crippen molar-refractivity contribution in [3.8, 4) is 0 Å². The van der Waals surface area contributed by atoms with Crippen molar-refractivity contribution in [3.05, 3.63) is 29.8 Å². The Bertz CT molecular complexity index is 705. The number of sulfonamides is 1. The van der Waals surface area contributed by atoms with Crippen LogP contribution in [0.15, 0.2) is 29.2 Å². The second-order valence-electron chi connectivity index (χ2n) is 6.56. The minimum Gasteiger partial charge on any atom is -0.464 e. The van der Waals surface area contributed by atoms with Gasteiger partial charge in [0, 0.05) is 5.56 Å². The summed E-state index contributed by atoms with van der Waals surface area (Å²) in [6, 6.07) is 4.62. The summed E-state index contributed by atoms with van der Waals surface area (Å²) in [5.41, 5.74) is 0.430. The van der Waals surface area contributed by atoms with Crippen LogP contribution in [-0.2, 0) is 19.6 Å². The number of esters is 1. The number of benzene rings is 1. The van der Waals surface area contributed by atoms with E-state index in [1.54, 1.807) is 0 Å². The molecule has 1 aromatic rings. The van der Waals surface area contributed by atoms with Crippen LogP contribution in [0.5, 0.6) is 0 Å². The lowest BCUT2D eigenvalue weighted by atomic mass is 9.90. The van der Waals surface area contributed by atoms with Gasteiger partial charge in [0.2, 0.25) is 10.0 Å². The van der Waals surface area contributed by atoms with Crippen LogP contribution in [0.4, 0.5) is 0 Å².